The van der Waals surface area contributed by atoms with Crippen LogP contribution in [-0.4, -0.2) is 20.2 Å². The summed E-state index contributed by atoms with van der Waals surface area (Å²) >= 11 is 6.66. The summed E-state index contributed by atoms with van der Waals surface area (Å²) in [5.41, 5.74) is 2.17. The molecule has 3 aromatic rings. The summed E-state index contributed by atoms with van der Waals surface area (Å²) in [6, 6.07) is 10.2. The predicted molar refractivity (Wildman–Crippen MR) is 84.4 cm³/mol. The minimum Gasteiger partial charge on any atom is -0.281 e. The largest absolute Gasteiger partial charge is 0.281 e. The molecule has 0 saturated carbocycles. The van der Waals surface area contributed by atoms with Gasteiger partial charge in [0.2, 0.25) is 4.77 Å². The van der Waals surface area contributed by atoms with E-state index in [-0.39, 0.29) is 0 Å². The van der Waals surface area contributed by atoms with Gasteiger partial charge in [-0.3, -0.25) is 10.2 Å². The fourth-order valence-corrected chi connectivity index (χ4v) is 3.29. The molecule has 0 aliphatic rings. The number of hydrogen-bond donors (Lipinski definition) is 2. The van der Waals surface area contributed by atoms with E-state index in [1.807, 2.05) is 18.2 Å². The molecule has 0 saturated heterocycles. The van der Waals surface area contributed by atoms with E-state index in [0.29, 0.717) is 10.7 Å². The molecule has 6 heteroatoms. The number of H-pyrrole nitrogens is 2. The number of thiazole rings is 1. The van der Waals surface area contributed by atoms with Gasteiger partial charge in [0.15, 0.2) is 5.82 Å². The third-order valence-electron chi connectivity index (χ3n) is 2.94. The Hall–Kier alpha value is -1.79. The van der Waals surface area contributed by atoms with E-state index in [2.05, 4.69) is 41.2 Å². The van der Waals surface area contributed by atoms with Crippen LogP contribution >= 0.6 is 23.6 Å². The molecule has 0 radical (unpaired) electrons. The molecule has 1 aromatic carbocycles. The minimum atomic E-state index is 0.331. The summed E-state index contributed by atoms with van der Waals surface area (Å²) in [5, 5.41) is 6.86. The quantitative estimate of drug-likeness (QED) is 0.706. The number of aromatic amines is 2. The van der Waals surface area contributed by atoms with Gasteiger partial charge in [0.25, 0.3) is 0 Å². The van der Waals surface area contributed by atoms with Crippen LogP contribution in [0, 0.1) is 4.77 Å². The molecule has 102 valence electrons. The molecule has 0 atom stereocenters. The Bertz CT molecular complexity index is 768. The van der Waals surface area contributed by atoms with E-state index in [1.165, 1.54) is 0 Å². The highest BCUT2D eigenvalue weighted by Gasteiger charge is 2.18. The fourth-order valence-electron chi connectivity index (χ4n) is 1.97. The average Bonchev–Trinajstić information content (AvgIpc) is 3.05. The Morgan fingerprint density at radius 1 is 1.10 bits per heavy atom. The minimum absolute atomic E-state index is 0.331. The monoisotopic (exact) mass is 302 g/mol. The zero-order valence-corrected chi connectivity index (χ0v) is 12.8. The number of nitrogens with zero attached hydrogens (tertiary/aromatic N) is 2. The summed E-state index contributed by atoms with van der Waals surface area (Å²) in [7, 11) is 0. The normalized spacial score (nSPS) is 11.2. The Labute approximate surface area is 125 Å². The summed E-state index contributed by atoms with van der Waals surface area (Å²) in [6.45, 7) is 4.27. The summed E-state index contributed by atoms with van der Waals surface area (Å²) in [6.07, 6.45) is 0. The maximum Gasteiger partial charge on any atom is 0.213 e. The second-order valence-corrected chi connectivity index (χ2v) is 6.16. The number of aromatic nitrogens is 4. The first-order valence-corrected chi connectivity index (χ1v) is 7.59. The third-order valence-corrected chi connectivity index (χ3v) is 4.26. The lowest BCUT2D eigenvalue weighted by Gasteiger charge is -2.01. The number of rotatable bonds is 3. The lowest BCUT2D eigenvalue weighted by atomic mass is 10.1. The van der Waals surface area contributed by atoms with Crippen molar-refractivity contribution in [1.82, 2.24) is 20.2 Å². The lowest BCUT2D eigenvalue weighted by Crippen LogP contribution is -1.91. The molecule has 0 aliphatic heterocycles. The van der Waals surface area contributed by atoms with Crippen LogP contribution < -0.4 is 0 Å². The first-order valence-electron chi connectivity index (χ1n) is 6.36. The van der Waals surface area contributed by atoms with Gasteiger partial charge in [-0.1, -0.05) is 44.2 Å². The van der Waals surface area contributed by atoms with Gasteiger partial charge < -0.3 is 0 Å². The summed E-state index contributed by atoms with van der Waals surface area (Å²) in [5.74, 6) is 1.09. The van der Waals surface area contributed by atoms with Crippen molar-refractivity contribution in [2.75, 3.05) is 0 Å². The molecule has 0 aliphatic carbocycles. The highest BCUT2D eigenvalue weighted by Crippen LogP contribution is 2.36. The third kappa shape index (κ3) is 2.44. The molecule has 0 amide bonds. The van der Waals surface area contributed by atoms with Crippen LogP contribution in [0.1, 0.15) is 25.5 Å². The maximum absolute atomic E-state index is 5.03. The van der Waals surface area contributed by atoms with Crippen LogP contribution in [-0.2, 0) is 0 Å². The number of hydrogen-bond acceptors (Lipinski definition) is 4. The van der Waals surface area contributed by atoms with E-state index in [4.69, 9.17) is 17.2 Å². The van der Waals surface area contributed by atoms with Gasteiger partial charge in [-0.15, -0.1) is 11.3 Å². The molecule has 0 fully saturated rings. The predicted octanol–water partition coefficient (Wildman–Crippen LogP) is 4.38. The number of nitrogens with one attached hydrogen (secondary N) is 2. The van der Waals surface area contributed by atoms with Crippen molar-refractivity contribution in [1.29, 1.82) is 0 Å². The van der Waals surface area contributed by atoms with Crippen molar-refractivity contribution in [2.45, 2.75) is 19.8 Å². The van der Waals surface area contributed by atoms with Gasteiger partial charge in [-0.05, 0) is 18.1 Å². The van der Waals surface area contributed by atoms with E-state index in [0.717, 1.165) is 27.0 Å². The molecule has 3 rings (SSSR count). The zero-order chi connectivity index (χ0) is 14.1. The molecule has 0 unspecified atom stereocenters. The SMILES string of the molecule is CC(C)c1nc(-c2ccccc2)sc1-c1nc(=S)[nH][nH]1. The maximum atomic E-state index is 5.03. The Morgan fingerprint density at radius 2 is 1.85 bits per heavy atom. The fraction of sp³-hybridized carbons (Fsp3) is 0.214. The smallest absolute Gasteiger partial charge is 0.213 e. The van der Waals surface area contributed by atoms with Gasteiger partial charge >= 0.3 is 0 Å². The first kappa shape index (κ1) is 13.2. The summed E-state index contributed by atoms with van der Waals surface area (Å²) < 4.78 is 0.462. The van der Waals surface area contributed by atoms with Crippen LogP contribution in [0.25, 0.3) is 21.3 Å². The Balaban J connectivity index is 2.14. The molecule has 20 heavy (non-hydrogen) atoms. The van der Waals surface area contributed by atoms with Gasteiger partial charge in [-0.25, -0.2) is 4.98 Å². The van der Waals surface area contributed by atoms with Crippen LogP contribution in [0.5, 0.6) is 0 Å². The standard InChI is InChI=1S/C14H14N4S2/c1-8(2)10-11(12-16-14(19)18-17-12)20-13(15-10)9-6-4-3-5-7-9/h3-8H,1-2H3,(H2,16,17,18,19). The van der Waals surface area contributed by atoms with Gasteiger partial charge in [0, 0.05) is 5.56 Å². The average molecular weight is 302 g/mol. The van der Waals surface area contributed by atoms with Crippen LogP contribution in [0.4, 0.5) is 0 Å². The molecule has 0 bridgehead atoms. The Morgan fingerprint density at radius 3 is 2.45 bits per heavy atom. The van der Waals surface area contributed by atoms with Crippen LogP contribution in [0.3, 0.4) is 0 Å². The molecular weight excluding hydrogens is 288 g/mol. The molecule has 0 spiro atoms. The van der Waals surface area contributed by atoms with Crippen molar-refractivity contribution >= 4 is 23.6 Å². The zero-order valence-electron chi connectivity index (χ0n) is 11.2. The van der Waals surface area contributed by atoms with Crippen LogP contribution in [0.15, 0.2) is 30.3 Å². The van der Waals surface area contributed by atoms with E-state index in [9.17, 15) is 0 Å². The molecular formula is C14H14N4S2. The van der Waals surface area contributed by atoms with Gasteiger partial charge in [0.05, 0.1) is 10.6 Å². The van der Waals surface area contributed by atoms with E-state index < -0.39 is 0 Å². The summed E-state index contributed by atoms with van der Waals surface area (Å²) in [4.78, 5) is 10.1. The molecule has 4 nitrogen and oxygen atoms in total. The van der Waals surface area contributed by atoms with E-state index in [1.54, 1.807) is 11.3 Å². The Kier molecular flexibility index (Phi) is 3.50. The topological polar surface area (TPSA) is 57.4 Å². The molecule has 2 aromatic heterocycles. The highest BCUT2D eigenvalue weighted by molar-refractivity contribution is 7.71. The van der Waals surface area contributed by atoms with Crippen molar-refractivity contribution in [3.05, 3.63) is 40.8 Å². The van der Waals surface area contributed by atoms with E-state index >= 15 is 0 Å². The number of benzene rings is 1. The second-order valence-electron chi connectivity index (χ2n) is 4.77. The highest BCUT2D eigenvalue weighted by atomic mass is 32.1. The van der Waals surface area contributed by atoms with Gasteiger partial charge in [-0.2, -0.15) is 4.98 Å². The second kappa shape index (κ2) is 5.30. The molecule has 2 N–H and O–H groups in total. The molecule has 2 heterocycles. The van der Waals surface area contributed by atoms with Crippen molar-refractivity contribution in [3.63, 3.8) is 0 Å². The van der Waals surface area contributed by atoms with Crippen molar-refractivity contribution in [2.24, 2.45) is 0 Å². The van der Waals surface area contributed by atoms with Crippen molar-refractivity contribution < 1.29 is 0 Å². The first-order chi connectivity index (χ1) is 9.65. The van der Waals surface area contributed by atoms with Crippen molar-refractivity contribution in [3.8, 4) is 21.3 Å². The lowest BCUT2D eigenvalue weighted by molar-refractivity contribution is 0.834. The van der Waals surface area contributed by atoms with Gasteiger partial charge in [0.1, 0.15) is 5.01 Å². The van der Waals surface area contributed by atoms with Crippen LogP contribution in [0.2, 0.25) is 0 Å².